The van der Waals surface area contributed by atoms with E-state index in [0.717, 1.165) is 16.2 Å². The van der Waals surface area contributed by atoms with Crippen molar-refractivity contribution < 1.29 is 14.3 Å². The Balaban J connectivity index is 1.89. The number of para-hydroxylation sites is 1. The van der Waals surface area contributed by atoms with Crippen molar-refractivity contribution in [3.63, 3.8) is 0 Å². The van der Waals surface area contributed by atoms with Crippen LogP contribution in [0.1, 0.15) is 15.9 Å². The lowest BCUT2D eigenvalue weighted by Gasteiger charge is -2.25. The van der Waals surface area contributed by atoms with Crippen LogP contribution in [-0.2, 0) is 0 Å². The Morgan fingerprint density at radius 2 is 2.10 bits per heavy atom. The van der Waals surface area contributed by atoms with Crippen LogP contribution in [0.4, 0.5) is 0 Å². The van der Waals surface area contributed by atoms with E-state index in [2.05, 4.69) is 0 Å². The summed E-state index contributed by atoms with van der Waals surface area (Å²) in [6.45, 7) is 1.96. The standard InChI is InChI=1S/C17H16O3S/c1-11-7-8-13(19-2)12(9-11)17(18)15-10-21-16-6-4-3-5-14(16)20-15/h3-9,15H,10H2,1-2H3. The van der Waals surface area contributed by atoms with Gasteiger partial charge in [0.25, 0.3) is 0 Å². The molecule has 2 aromatic rings. The molecule has 108 valence electrons. The fraction of sp³-hybridized carbons (Fsp3) is 0.235. The number of benzene rings is 2. The first kappa shape index (κ1) is 14.0. The molecule has 21 heavy (non-hydrogen) atoms. The first-order valence-corrected chi connectivity index (χ1v) is 7.75. The summed E-state index contributed by atoms with van der Waals surface area (Å²) in [7, 11) is 1.58. The highest BCUT2D eigenvalue weighted by atomic mass is 32.2. The quantitative estimate of drug-likeness (QED) is 0.809. The van der Waals surface area contributed by atoms with E-state index < -0.39 is 6.10 Å². The van der Waals surface area contributed by atoms with Crippen LogP contribution in [0.2, 0.25) is 0 Å². The fourth-order valence-corrected chi connectivity index (χ4v) is 3.32. The van der Waals surface area contributed by atoms with E-state index in [4.69, 9.17) is 9.47 Å². The predicted octanol–water partition coefficient (Wildman–Crippen LogP) is 3.74. The maximum absolute atomic E-state index is 12.7. The van der Waals surface area contributed by atoms with Crippen molar-refractivity contribution in [1.82, 2.24) is 0 Å². The molecule has 0 radical (unpaired) electrons. The Kier molecular flexibility index (Phi) is 3.88. The molecule has 1 aliphatic heterocycles. The van der Waals surface area contributed by atoms with Crippen LogP contribution in [0, 0.1) is 6.92 Å². The molecular formula is C17H16O3S. The number of hydrogen-bond acceptors (Lipinski definition) is 4. The molecular weight excluding hydrogens is 284 g/mol. The molecule has 1 atom stereocenters. The van der Waals surface area contributed by atoms with Crippen molar-refractivity contribution in [2.45, 2.75) is 17.9 Å². The molecule has 0 N–H and O–H groups in total. The van der Waals surface area contributed by atoms with Crippen LogP contribution in [0.25, 0.3) is 0 Å². The minimum Gasteiger partial charge on any atom is -0.496 e. The molecule has 1 aliphatic rings. The molecule has 0 saturated carbocycles. The van der Waals surface area contributed by atoms with Crippen molar-refractivity contribution in [3.8, 4) is 11.5 Å². The van der Waals surface area contributed by atoms with Gasteiger partial charge >= 0.3 is 0 Å². The maximum atomic E-state index is 12.7. The van der Waals surface area contributed by atoms with Crippen LogP contribution in [0.3, 0.4) is 0 Å². The SMILES string of the molecule is COc1ccc(C)cc1C(=O)C1CSc2ccccc2O1. The number of methoxy groups -OCH3 is 1. The van der Waals surface area contributed by atoms with E-state index in [1.54, 1.807) is 18.9 Å². The van der Waals surface area contributed by atoms with Crippen LogP contribution in [-0.4, -0.2) is 24.7 Å². The van der Waals surface area contributed by atoms with Crippen molar-refractivity contribution >= 4 is 17.5 Å². The topological polar surface area (TPSA) is 35.5 Å². The zero-order valence-corrected chi connectivity index (χ0v) is 12.8. The van der Waals surface area contributed by atoms with Crippen LogP contribution in [0.5, 0.6) is 11.5 Å². The predicted molar refractivity (Wildman–Crippen MR) is 83.6 cm³/mol. The van der Waals surface area contributed by atoms with Crippen molar-refractivity contribution in [2.24, 2.45) is 0 Å². The number of fused-ring (bicyclic) bond motifs is 1. The molecule has 0 saturated heterocycles. The van der Waals surface area contributed by atoms with Gasteiger partial charge in [0.1, 0.15) is 11.5 Å². The largest absolute Gasteiger partial charge is 0.496 e. The molecule has 1 unspecified atom stereocenters. The summed E-state index contributed by atoms with van der Waals surface area (Å²) in [6, 6.07) is 13.4. The van der Waals surface area contributed by atoms with Crippen molar-refractivity contribution in [2.75, 3.05) is 12.9 Å². The number of ketones is 1. The first-order chi connectivity index (χ1) is 10.2. The fourth-order valence-electron chi connectivity index (χ4n) is 2.34. The average Bonchev–Trinajstić information content (AvgIpc) is 2.53. The Bertz CT molecular complexity index is 681. The summed E-state index contributed by atoms with van der Waals surface area (Å²) in [6.07, 6.45) is -0.472. The second kappa shape index (κ2) is 5.82. The Morgan fingerprint density at radius 3 is 2.90 bits per heavy atom. The van der Waals surface area contributed by atoms with Gasteiger partial charge in [-0.25, -0.2) is 0 Å². The third kappa shape index (κ3) is 2.76. The van der Waals surface area contributed by atoms with Gasteiger partial charge in [-0.3, -0.25) is 4.79 Å². The lowest BCUT2D eigenvalue weighted by Crippen LogP contribution is -2.32. The third-order valence-corrected chi connectivity index (χ3v) is 4.54. The number of thioether (sulfide) groups is 1. The first-order valence-electron chi connectivity index (χ1n) is 6.76. The molecule has 3 nitrogen and oxygen atoms in total. The highest BCUT2D eigenvalue weighted by Crippen LogP contribution is 2.36. The zero-order valence-electron chi connectivity index (χ0n) is 12.0. The van der Waals surface area contributed by atoms with Crippen molar-refractivity contribution in [1.29, 1.82) is 0 Å². The zero-order chi connectivity index (χ0) is 14.8. The summed E-state index contributed by atoms with van der Waals surface area (Å²) in [5, 5.41) is 0. The molecule has 2 aromatic carbocycles. The van der Waals surface area contributed by atoms with Gasteiger partial charge < -0.3 is 9.47 Å². The number of aryl methyl sites for hydroxylation is 1. The molecule has 0 aromatic heterocycles. The number of rotatable bonds is 3. The number of Topliss-reactive ketones (excluding diaryl/α,β-unsaturated/α-hetero) is 1. The van der Waals surface area contributed by atoms with E-state index in [1.165, 1.54) is 0 Å². The minimum atomic E-state index is -0.472. The summed E-state index contributed by atoms with van der Waals surface area (Å²) < 4.78 is 11.2. The molecule has 3 rings (SSSR count). The van der Waals surface area contributed by atoms with Gasteiger partial charge in [0.05, 0.1) is 12.7 Å². The monoisotopic (exact) mass is 300 g/mol. The van der Waals surface area contributed by atoms with Crippen LogP contribution < -0.4 is 9.47 Å². The van der Waals surface area contributed by atoms with Gasteiger partial charge in [-0.2, -0.15) is 0 Å². The molecule has 4 heteroatoms. The molecule has 0 amide bonds. The third-order valence-electron chi connectivity index (χ3n) is 3.42. The molecule has 0 spiro atoms. The number of hydrogen-bond donors (Lipinski definition) is 0. The van der Waals surface area contributed by atoms with E-state index >= 15 is 0 Å². The second-order valence-corrected chi connectivity index (χ2v) is 5.99. The van der Waals surface area contributed by atoms with E-state index in [-0.39, 0.29) is 5.78 Å². The van der Waals surface area contributed by atoms with Crippen molar-refractivity contribution in [3.05, 3.63) is 53.6 Å². The van der Waals surface area contributed by atoms with Gasteiger partial charge in [-0.1, -0.05) is 23.8 Å². The number of carbonyl (C=O) groups excluding carboxylic acids is 1. The number of carbonyl (C=O) groups is 1. The molecule has 1 heterocycles. The van der Waals surface area contributed by atoms with E-state index in [0.29, 0.717) is 17.1 Å². The van der Waals surface area contributed by atoms with Gasteiger partial charge in [0.15, 0.2) is 6.10 Å². The lowest BCUT2D eigenvalue weighted by molar-refractivity contribution is 0.0812. The van der Waals surface area contributed by atoms with E-state index in [1.807, 2.05) is 49.4 Å². The summed E-state index contributed by atoms with van der Waals surface area (Å²) in [5.74, 6) is 1.96. The van der Waals surface area contributed by atoms with Gasteiger partial charge in [-0.15, -0.1) is 11.8 Å². The average molecular weight is 300 g/mol. The molecule has 0 aliphatic carbocycles. The Morgan fingerprint density at radius 1 is 1.29 bits per heavy atom. The van der Waals surface area contributed by atoms with Gasteiger partial charge in [0.2, 0.25) is 5.78 Å². The summed E-state index contributed by atoms with van der Waals surface area (Å²) in [5.41, 5.74) is 1.62. The molecule has 0 fully saturated rings. The minimum absolute atomic E-state index is 0.0300. The van der Waals surface area contributed by atoms with Gasteiger partial charge in [-0.05, 0) is 31.2 Å². The summed E-state index contributed by atoms with van der Waals surface area (Å²) >= 11 is 1.65. The maximum Gasteiger partial charge on any atom is 0.207 e. The van der Waals surface area contributed by atoms with Gasteiger partial charge in [0, 0.05) is 10.6 Å². The highest BCUT2D eigenvalue weighted by Gasteiger charge is 2.29. The second-order valence-electron chi connectivity index (χ2n) is 4.93. The number of ether oxygens (including phenoxy) is 2. The summed E-state index contributed by atoms with van der Waals surface area (Å²) in [4.78, 5) is 13.8. The van der Waals surface area contributed by atoms with E-state index in [9.17, 15) is 4.79 Å². The van der Waals surface area contributed by atoms with Crippen LogP contribution in [0.15, 0.2) is 47.4 Å². The highest BCUT2D eigenvalue weighted by molar-refractivity contribution is 7.99. The molecule has 0 bridgehead atoms. The smallest absolute Gasteiger partial charge is 0.207 e. The Labute approximate surface area is 128 Å². The lowest BCUT2D eigenvalue weighted by atomic mass is 10.0. The Hall–Kier alpha value is -1.94. The normalized spacial score (nSPS) is 16.8. The van der Waals surface area contributed by atoms with Crippen LogP contribution >= 0.6 is 11.8 Å².